The van der Waals surface area contributed by atoms with Gasteiger partial charge in [0.05, 0.1) is 6.61 Å². The van der Waals surface area contributed by atoms with Crippen molar-refractivity contribution in [1.82, 2.24) is 4.90 Å². The zero-order valence-corrected chi connectivity index (χ0v) is 11.1. The number of nitrogens with zero attached hydrogens (tertiary/aromatic N) is 1. The Bertz CT molecular complexity index is 413. The monoisotopic (exact) mass is 246 g/mol. The van der Waals surface area contributed by atoms with Gasteiger partial charge in [0.1, 0.15) is 0 Å². The minimum absolute atomic E-state index is 0.595. The standard InChI is InChI=1S/C15H22N2O/c1-17(13-7-9-18-11-13)10-12-4-2-6-15-14(12)5-3-8-16-15/h2,4,6,13,16H,3,5,7-11H2,1H3. The molecule has 2 heterocycles. The van der Waals surface area contributed by atoms with E-state index in [1.807, 2.05) is 0 Å². The number of likely N-dealkylation sites (N-methyl/N-ethyl adjacent to an activating group) is 1. The third-order valence-corrected chi connectivity index (χ3v) is 4.14. The number of hydrogen-bond donors (Lipinski definition) is 1. The second-order valence-electron chi connectivity index (χ2n) is 5.41. The Labute approximate surface area is 109 Å². The third kappa shape index (κ3) is 2.38. The van der Waals surface area contributed by atoms with Crippen LogP contribution in [0.1, 0.15) is 24.0 Å². The highest BCUT2D eigenvalue weighted by Gasteiger charge is 2.21. The molecule has 0 saturated carbocycles. The van der Waals surface area contributed by atoms with Gasteiger partial charge in [-0.05, 0) is 43.5 Å². The molecule has 0 amide bonds. The Balaban J connectivity index is 1.75. The van der Waals surface area contributed by atoms with Crippen LogP contribution in [0, 0.1) is 0 Å². The van der Waals surface area contributed by atoms with Crippen LogP contribution in [-0.2, 0) is 17.7 Å². The number of hydrogen-bond acceptors (Lipinski definition) is 3. The highest BCUT2D eigenvalue weighted by atomic mass is 16.5. The van der Waals surface area contributed by atoms with E-state index in [1.54, 1.807) is 0 Å². The van der Waals surface area contributed by atoms with Crippen LogP contribution in [0.5, 0.6) is 0 Å². The number of benzene rings is 1. The van der Waals surface area contributed by atoms with Gasteiger partial charge < -0.3 is 10.1 Å². The van der Waals surface area contributed by atoms with Crippen LogP contribution in [0.4, 0.5) is 5.69 Å². The van der Waals surface area contributed by atoms with Gasteiger partial charge in [0.25, 0.3) is 0 Å². The quantitative estimate of drug-likeness (QED) is 0.885. The smallest absolute Gasteiger partial charge is 0.0622 e. The summed E-state index contributed by atoms with van der Waals surface area (Å²) in [6.07, 6.45) is 3.64. The van der Waals surface area contributed by atoms with Gasteiger partial charge in [0, 0.05) is 31.4 Å². The van der Waals surface area contributed by atoms with Gasteiger partial charge >= 0.3 is 0 Å². The molecular formula is C15H22N2O. The summed E-state index contributed by atoms with van der Waals surface area (Å²) in [4.78, 5) is 2.44. The lowest BCUT2D eigenvalue weighted by atomic mass is 9.97. The van der Waals surface area contributed by atoms with E-state index in [9.17, 15) is 0 Å². The van der Waals surface area contributed by atoms with Crippen molar-refractivity contribution >= 4 is 5.69 Å². The molecule has 1 N–H and O–H groups in total. The maximum atomic E-state index is 5.47. The molecule has 3 heteroatoms. The molecule has 1 unspecified atom stereocenters. The van der Waals surface area contributed by atoms with E-state index >= 15 is 0 Å². The molecule has 0 aromatic heterocycles. The Morgan fingerprint density at radius 1 is 1.44 bits per heavy atom. The maximum Gasteiger partial charge on any atom is 0.0622 e. The molecule has 3 rings (SSSR count). The molecule has 1 saturated heterocycles. The number of anilines is 1. The SMILES string of the molecule is CN(Cc1cccc2c1CCCN2)C1CCOC1. The molecule has 1 aromatic rings. The number of rotatable bonds is 3. The highest BCUT2D eigenvalue weighted by molar-refractivity contribution is 5.56. The molecule has 18 heavy (non-hydrogen) atoms. The summed E-state index contributed by atoms with van der Waals surface area (Å²) < 4.78 is 5.47. The molecule has 0 aliphatic carbocycles. The fourth-order valence-corrected chi connectivity index (χ4v) is 3.00. The van der Waals surface area contributed by atoms with Gasteiger partial charge in [-0.2, -0.15) is 0 Å². The lowest BCUT2D eigenvalue weighted by Crippen LogP contribution is -2.32. The normalized spacial score (nSPS) is 22.9. The Kier molecular flexibility index (Phi) is 3.52. The van der Waals surface area contributed by atoms with Crippen molar-refractivity contribution in [1.29, 1.82) is 0 Å². The Hall–Kier alpha value is -1.06. The predicted molar refractivity (Wildman–Crippen MR) is 73.9 cm³/mol. The summed E-state index contributed by atoms with van der Waals surface area (Å²) >= 11 is 0. The summed E-state index contributed by atoms with van der Waals surface area (Å²) in [6, 6.07) is 7.25. The van der Waals surface area contributed by atoms with Crippen LogP contribution in [-0.4, -0.2) is 37.7 Å². The van der Waals surface area contributed by atoms with Crippen molar-refractivity contribution in [2.75, 3.05) is 32.1 Å². The molecule has 0 spiro atoms. The first-order valence-electron chi connectivity index (χ1n) is 6.97. The van der Waals surface area contributed by atoms with E-state index in [0.29, 0.717) is 6.04 Å². The first kappa shape index (κ1) is 12.0. The average Bonchev–Trinajstić information content (AvgIpc) is 2.93. The Morgan fingerprint density at radius 3 is 3.22 bits per heavy atom. The second kappa shape index (κ2) is 5.29. The molecular weight excluding hydrogens is 224 g/mol. The number of fused-ring (bicyclic) bond motifs is 1. The van der Waals surface area contributed by atoms with Gasteiger partial charge in [0.2, 0.25) is 0 Å². The van der Waals surface area contributed by atoms with Crippen LogP contribution < -0.4 is 5.32 Å². The average molecular weight is 246 g/mol. The van der Waals surface area contributed by atoms with Crippen LogP contribution in [0.2, 0.25) is 0 Å². The zero-order valence-electron chi connectivity index (χ0n) is 11.1. The van der Waals surface area contributed by atoms with Crippen molar-refractivity contribution < 1.29 is 4.74 Å². The summed E-state index contributed by atoms with van der Waals surface area (Å²) in [5.41, 5.74) is 4.35. The van der Waals surface area contributed by atoms with Gasteiger partial charge in [-0.1, -0.05) is 12.1 Å². The first-order chi connectivity index (χ1) is 8.84. The van der Waals surface area contributed by atoms with Crippen LogP contribution in [0.3, 0.4) is 0 Å². The summed E-state index contributed by atoms with van der Waals surface area (Å²) in [5.74, 6) is 0. The van der Waals surface area contributed by atoms with Crippen molar-refractivity contribution in [3.8, 4) is 0 Å². The molecule has 98 valence electrons. The van der Waals surface area contributed by atoms with E-state index in [2.05, 4.69) is 35.5 Å². The zero-order chi connectivity index (χ0) is 12.4. The van der Waals surface area contributed by atoms with Crippen molar-refractivity contribution in [2.45, 2.75) is 31.8 Å². The lowest BCUT2D eigenvalue weighted by Gasteiger charge is -2.26. The van der Waals surface area contributed by atoms with Crippen molar-refractivity contribution in [2.24, 2.45) is 0 Å². The molecule has 1 aromatic carbocycles. The second-order valence-corrected chi connectivity index (χ2v) is 5.41. The maximum absolute atomic E-state index is 5.47. The van der Waals surface area contributed by atoms with E-state index < -0.39 is 0 Å². The molecule has 0 radical (unpaired) electrons. The van der Waals surface area contributed by atoms with Crippen LogP contribution in [0.15, 0.2) is 18.2 Å². The van der Waals surface area contributed by atoms with E-state index in [-0.39, 0.29) is 0 Å². The highest BCUT2D eigenvalue weighted by Crippen LogP contribution is 2.26. The van der Waals surface area contributed by atoms with E-state index in [0.717, 1.165) is 26.3 Å². The summed E-state index contributed by atoms with van der Waals surface area (Å²) in [5, 5.41) is 3.50. The molecule has 1 atom stereocenters. The van der Waals surface area contributed by atoms with Gasteiger partial charge in [-0.15, -0.1) is 0 Å². The lowest BCUT2D eigenvalue weighted by molar-refractivity contribution is 0.156. The fraction of sp³-hybridized carbons (Fsp3) is 0.600. The topological polar surface area (TPSA) is 24.5 Å². The largest absolute Gasteiger partial charge is 0.385 e. The molecule has 2 aliphatic rings. The molecule has 2 aliphatic heterocycles. The minimum Gasteiger partial charge on any atom is -0.385 e. The van der Waals surface area contributed by atoms with Gasteiger partial charge in [-0.25, -0.2) is 0 Å². The van der Waals surface area contributed by atoms with Gasteiger partial charge in [-0.3, -0.25) is 4.90 Å². The summed E-state index contributed by atoms with van der Waals surface area (Å²) in [7, 11) is 2.22. The fourth-order valence-electron chi connectivity index (χ4n) is 3.00. The third-order valence-electron chi connectivity index (χ3n) is 4.14. The minimum atomic E-state index is 0.595. The molecule has 0 bridgehead atoms. The van der Waals surface area contributed by atoms with Crippen molar-refractivity contribution in [3.63, 3.8) is 0 Å². The summed E-state index contributed by atoms with van der Waals surface area (Å²) in [6.45, 7) is 3.97. The molecule has 3 nitrogen and oxygen atoms in total. The number of ether oxygens (including phenoxy) is 1. The predicted octanol–water partition coefficient (Wildman–Crippen LogP) is 2.27. The van der Waals surface area contributed by atoms with Crippen LogP contribution in [0.25, 0.3) is 0 Å². The van der Waals surface area contributed by atoms with Gasteiger partial charge in [0.15, 0.2) is 0 Å². The first-order valence-corrected chi connectivity index (χ1v) is 6.97. The molecule has 1 fully saturated rings. The number of nitrogens with one attached hydrogen (secondary N) is 1. The van der Waals surface area contributed by atoms with E-state index in [1.165, 1.54) is 36.1 Å². The van der Waals surface area contributed by atoms with Crippen molar-refractivity contribution in [3.05, 3.63) is 29.3 Å². The van der Waals surface area contributed by atoms with Crippen LogP contribution >= 0.6 is 0 Å². The van der Waals surface area contributed by atoms with E-state index in [4.69, 9.17) is 4.74 Å². The Morgan fingerprint density at radius 2 is 2.39 bits per heavy atom.